The second-order valence-corrected chi connectivity index (χ2v) is 7.27. The Labute approximate surface area is 156 Å². The first-order chi connectivity index (χ1) is 12.8. The van der Waals surface area contributed by atoms with Crippen LogP contribution in [-0.2, 0) is 22.6 Å². The van der Waals surface area contributed by atoms with Crippen LogP contribution in [0.1, 0.15) is 30.4 Å². The van der Waals surface area contributed by atoms with Crippen LogP contribution in [0.4, 0.5) is 0 Å². The van der Waals surface area contributed by atoms with Crippen LogP contribution in [-0.4, -0.2) is 30.2 Å². The molecule has 2 aliphatic rings. The molecule has 1 fully saturated rings. The smallest absolute Gasteiger partial charge is 0.103 e. The minimum absolute atomic E-state index is 0.336. The van der Waals surface area contributed by atoms with E-state index in [1.807, 2.05) is 6.07 Å². The number of rotatable bonds is 7. The van der Waals surface area contributed by atoms with E-state index in [0.29, 0.717) is 18.8 Å². The van der Waals surface area contributed by atoms with Gasteiger partial charge in [-0.2, -0.15) is 0 Å². The fraction of sp³-hybridized carbons (Fsp3) is 0.391. The molecule has 1 aliphatic carbocycles. The van der Waals surface area contributed by atoms with Gasteiger partial charge in [-0.1, -0.05) is 60.7 Å². The molecular weight excluding hydrogens is 322 g/mol. The van der Waals surface area contributed by atoms with E-state index in [1.54, 1.807) is 0 Å². The second kappa shape index (κ2) is 8.52. The van der Waals surface area contributed by atoms with Crippen LogP contribution in [0.25, 0.3) is 0 Å². The SMILES string of the molecule is C1=C(OC2CC(OCc3ccccc3)C2)CCN(Cc2ccccc2)C1. The predicted molar refractivity (Wildman–Crippen MR) is 104 cm³/mol. The highest BCUT2D eigenvalue weighted by molar-refractivity contribution is 5.15. The van der Waals surface area contributed by atoms with Crippen molar-refractivity contribution in [1.29, 1.82) is 0 Å². The van der Waals surface area contributed by atoms with Crippen molar-refractivity contribution >= 4 is 0 Å². The summed E-state index contributed by atoms with van der Waals surface area (Å²) in [4.78, 5) is 2.47. The standard InChI is InChI=1S/C23H27NO2/c1-3-7-19(8-4-1)17-24-13-11-21(12-14-24)26-23-15-22(16-23)25-18-20-9-5-2-6-10-20/h1-11,22-23H,12-18H2. The summed E-state index contributed by atoms with van der Waals surface area (Å²) < 4.78 is 12.1. The van der Waals surface area contributed by atoms with E-state index >= 15 is 0 Å². The van der Waals surface area contributed by atoms with Gasteiger partial charge in [0.05, 0.1) is 18.5 Å². The van der Waals surface area contributed by atoms with Gasteiger partial charge in [0.25, 0.3) is 0 Å². The first kappa shape index (κ1) is 17.3. The first-order valence-electron chi connectivity index (χ1n) is 9.62. The van der Waals surface area contributed by atoms with E-state index in [1.165, 1.54) is 16.9 Å². The van der Waals surface area contributed by atoms with E-state index in [-0.39, 0.29) is 0 Å². The van der Waals surface area contributed by atoms with E-state index in [9.17, 15) is 0 Å². The Kier molecular flexibility index (Phi) is 5.68. The van der Waals surface area contributed by atoms with Gasteiger partial charge >= 0.3 is 0 Å². The Morgan fingerprint density at radius 3 is 2.19 bits per heavy atom. The van der Waals surface area contributed by atoms with Crippen LogP contribution in [0.15, 0.2) is 72.5 Å². The lowest BCUT2D eigenvalue weighted by Crippen LogP contribution is -2.38. The number of hydrogen-bond donors (Lipinski definition) is 0. The molecule has 2 aromatic rings. The van der Waals surface area contributed by atoms with Gasteiger partial charge in [0.2, 0.25) is 0 Å². The molecule has 26 heavy (non-hydrogen) atoms. The number of ether oxygens (including phenoxy) is 2. The predicted octanol–water partition coefficient (Wildman–Crippen LogP) is 4.54. The van der Waals surface area contributed by atoms with Crippen LogP contribution in [0, 0.1) is 0 Å². The van der Waals surface area contributed by atoms with E-state index < -0.39 is 0 Å². The maximum absolute atomic E-state index is 6.16. The molecule has 1 aliphatic heterocycles. The quantitative estimate of drug-likeness (QED) is 0.732. The van der Waals surface area contributed by atoms with Gasteiger partial charge in [0.15, 0.2) is 0 Å². The molecule has 1 saturated carbocycles. The van der Waals surface area contributed by atoms with Crippen LogP contribution in [0.3, 0.4) is 0 Å². The number of nitrogens with zero attached hydrogens (tertiary/aromatic N) is 1. The van der Waals surface area contributed by atoms with Gasteiger partial charge < -0.3 is 9.47 Å². The summed E-state index contributed by atoms with van der Waals surface area (Å²) in [5.41, 5.74) is 2.62. The molecular formula is C23H27NO2. The fourth-order valence-corrected chi connectivity index (χ4v) is 3.54. The molecule has 0 atom stereocenters. The molecule has 0 N–H and O–H groups in total. The van der Waals surface area contributed by atoms with Crippen LogP contribution in [0.2, 0.25) is 0 Å². The van der Waals surface area contributed by atoms with Crippen LogP contribution in [0.5, 0.6) is 0 Å². The van der Waals surface area contributed by atoms with E-state index in [0.717, 1.165) is 38.9 Å². The lowest BCUT2D eigenvalue weighted by atomic mass is 9.91. The lowest BCUT2D eigenvalue weighted by Gasteiger charge is -2.37. The largest absolute Gasteiger partial charge is 0.495 e. The summed E-state index contributed by atoms with van der Waals surface area (Å²) in [7, 11) is 0. The third-order valence-electron chi connectivity index (χ3n) is 5.20. The summed E-state index contributed by atoms with van der Waals surface area (Å²) >= 11 is 0. The molecule has 0 amide bonds. The monoisotopic (exact) mass is 349 g/mol. The number of benzene rings is 2. The lowest BCUT2D eigenvalue weighted by molar-refractivity contribution is -0.0909. The van der Waals surface area contributed by atoms with Gasteiger partial charge in [-0.3, -0.25) is 4.90 Å². The summed E-state index contributed by atoms with van der Waals surface area (Å²) in [5.74, 6) is 1.17. The molecule has 0 bridgehead atoms. The molecule has 3 heteroatoms. The van der Waals surface area contributed by atoms with E-state index in [4.69, 9.17) is 9.47 Å². The van der Waals surface area contributed by atoms with Gasteiger partial charge in [-0.25, -0.2) is 0 Å². The van der Waals surface area contributed by atoms with Crippen LogP contribution >= 0.6 is 0 Å². The normalized spacial score (nSPS) is 23.2. The zero-order valence-corrected chi connectivity index (χ0v) is 15.2. The van der Waals surface area contributed by atoms with Gasteiger partial charge in [-0.05, 0) is 17.2 Å². The van der Waals surface area contributed by atoms with Gasteiger partial charge in [0.1, 0.15) is 6.10 Å². The van der Waals surface area contributed by atoms with Crippen molar-refractivity contribution in [2.45, 2.75) is 44.6 Å². The molecule has 0 aromatic heterocycles. The summed E-state index contributed by atoms with van der Waals surface area (Å²) in [6, 6.07) is 21.1. The highest BCUT2D eigenvalue weighted by Gasteiger charge is 2.32. The highest BCUT2D eigenvalue weighted by atomic mass is 16.5. The maximum atomic E-state index is 6.16. The molecule has 1 heterocycles. The zero-order valence-electron chi connectivity index (χ0n) is 15.2. The van der Waals surface area contributed by atoms with Crippen molar-refractivity contribution in [3.05, 3.63) is 83.6 Å². The Morgan fingerprint density at radius 1 is 0.846 bits per heavy atom. The molecule has 4 rings (SSSR count). The first-order valence-corrected chi connectivity index (χ1v) is 9.62. The molecule has 2 aromatic carbocycles. The average molecular weight is 349 g/mol. The number of hydrogen-bond acceptors (Lipinski definition) is 3. The molecule has 0 saturated heterocycles. The third-order valence-corrected chi connectivity index (χ3v) is 5.20. The Balaban J connectivity index is 1.15. The second-order valence-electron chi connectivity index (χ2n) is 7.27. The molecule has 136 valence electrons. The Bertz CT molecular complexity index is 708. The minimum atomic E-state index is 0.336. The van der Waals surface area contributed by atoms with Crippen molar-refractivity contribution < 1.29 is 9.47 Å². The van der Waals surface area contributed by atoms with Crippen molar-refractivity contribution in [2.75, 3.05) is 13.1 Å². The molecule has 0 unspecified atom stereocenters. The van der Waals surface area contributed by atoms with Crippen molar-refractivity contribution in [3.63, 3.8) is 0 Å². The molecule has 0 spiro atoms. The summed E-state index contributed by atoms with van der Waals surface area (Å²) in [6.45, 7) is 3.77. The van der Waals surface area contributed by atoms with Crippen molar-refractivity contribution in [3.8, 4) is 0 Å². The van der Waals surface area contributed by atoms with Crippen molar-refractivity contribution in [1.82, 2.24) is 4.90 Å². The topological polar surface area (TPSA) is 21.7 Å². The fourth-order valence-electron chi connectivity index (χ4n) is 3.54. The van der Waals surface area contributed by atoms with Gasteiger partial charge in [-0.15, -0.1) is 0 Å². The minimum Gasteiger partial charge on any atom is -0.495 e. The molecule has 3 nitrogen and oxygen atoms in total. The highest BCUT2D eigenvalue weighted by Crippen LogP contribution is 2.30. The maximum Gasteiger partial charge on any atom is 0.103 e. The Morgan fingerprint density at radius 2 is 1.54 bits per heavy atom. The van der Waals surface area contributed by atoms with Crippen molar-refractivity contribution in [2.24, 2.45) is 0 Å². The Hall–Kier alpha value is -2.10. The average Bonchev–Trinajstić information content (AvgIpc) is 2.66. The van der Waals surface area contributed by atoms with Crippen LogP contribution < -0.4 is 0 Å². The summed E-state index contributed by atoms with van der Waals surface area (Å²) in [5, 5.41) is 0. The summed E-state index contributed by atoms with van der Waals surface area (Å²) in [6.07, 6.45) is 5.97. The zero-order chi connectivity index (χ0) is 17.6. The van der Waals surface area contributed by atoms with Gasteiger partial charge in [0, 0.05) is 38.9 Å². The van der Waals surface area contributed by atoms with E-state index in [2.05, 4.69) is 65.6 Å². The molecule has 0 radical (unpaired) electrons. The third kappa shape index (κ3) is 4.75.